The molecule has 1 rings (SSSR count). The maximum atomic E-state index is 5.89. The molecule has 1 nitrogen and oxygen atoms in total. The fourth-order valence-corrected chi connectivity index (χ4v) is 1.38. The summed E-state index contributed by atoms with van der Waals surface area (Å²) in [5.41, 5.74) is 7.68. The van der Waals surface area contributed by atoms with Crippen LogP contribution in [-0.4, -0.2) is 0 Å². The maximum absolute atomic E-state index is 5.89. The Morgan fingerprint density at radius 2 is 2.30 bits per heavy atom. The van der Waals surface area contributed by atoms with Gasteiger partial charge >= 0.3 is 0 Å². The molecule has 2 heteroatoms. The number of allylic oxidation sites excluding steroid dienone is 3. The van der Waals surface area contributed by atoms with Gasteiger partial charge in [-0.3, -0.25) is 0 Å². The van der Waals surface area contributed by atoms with Gasteiger partial charge in [0.15, 0.2) is 0 Å². The van der Waals surface area contributed by atoms with Crippen molar-refractivity contribution in [2.75, 3.05) is 0 Å². The van der Waals surface area contributed by atoms with Gasteiger partial charge in [-0.15, -0.1) is 0 Å². The van der Waals surface area contributed by atoms with E-state index < -0.39 is 0 Å². The SMILES string of the molecule is CC1=CC(N)=C(Cl)C(C)C1. The maximum Gasteiger partial charge on any atom is 0.0463 e. The van der Waals surface area contributed by atoms with Crippen LogP contribution in [0.3, 0.4) is 0 Å². The summed E-state index contributed by atoms with van der Waals surface area (Å²) >= 11 is 5.89. The van der Waals surface area contributed by atoms with Gasteiger partial charge in [-0.05, 0) is 25.3 Å². The van der Waals surface area contributed by atoms with Crippen molar-refractivity contribution < 1.29 is 0 Å². The molecule has 0 spiro atoms. The van der Waals surface area contributed by atoms with Crippen LogP contribution in [-0.2, 0) is 0 Å². The smallest absolute Gasteiger partial charge is 0.0463 e. The number of hydrogen-bond donors (Lipinski definition) is 1. The number of nitrogens with two attached hydrogens (primary N) is 1. The minimum absolute atomic E-state index is 0.409. The lowest BCUT2D eigenvalue weighted by molar-refractivity contribution is 0.684. The third-order valence-electron chi connectivity index (χ3n) is 1.74. The Bertz CT molecular complexity index is 203. The van der Waals surface area contributed by atoms with Gasteiger partial charge in [0.05, 0.1) is 0 Å². The minimum atomic E-state index is 0.409. The minimum Gasteiger partial charge on any atom is -0.398 e. The van der Waals surface area contributed by atoms with Gasteiger partial charge in [0.25, 0.3) is 0 Å². The van der Waals surface area contributed by atoms with Crippen molar-refractivity contribution >= 4 is 11.6 Å². The van der Waals surface area contributed by atoms with Gasteiger partial charge in [0, 0.05) is 10.7 Å². The van der Waals surface area contributed by atoms with E-state index in [2.05, 4.69) is 13.8 Å². The molecule has 10 heavy (non-hydrogen) atoms. The molecule has 0 heterocycles. The van der Waals surface area contributed by atoms with Crippen LogP contribution in [0, 0.1) is 5.92 Å². The van der Waals surface area contributed by atoms with Crippen LogP contribution in [0.2, 0.25) is 0 Å². The average molecular weight is 158 g/mol. The number of rotatable bonds is 0. The van der Waals surface area contributed by atoms with E-state index in [1.807, 2.05) is 6.08 Å². The summed E-state index contributed by atoms with van der Waals surface area (Å²) in [4.78, 5) is 0. The van der Waals surface area contributed by atoms with Crippen LogP contribution in [0.4, 0.5) is 0 Å². The third-order valence-corrected chi connectivity index (χ3v) is 2.33. The first kappa shape index (κ1) is 7.67. The zero-order chi connectivity index (χ0) is 7.72. The molecular formula is C8H12ClN. The lowest BCUT2D eigenvalue weighted by atomic mass is 9.95. The fourth-order valence-electron chi connectivity index (χ4n) is 1.25. The molecule has 1 atom stereocenters. The third kappa shape index (κ3) is 1.35. The van der Waals surface area contributed by atoms with Crippen molar-refractivity contribution in [2.24, 2.45) is 11.7 Å². The molecule has 0 aromatic carbocycles. The van der Waals surface area contributed by atoms with Crippen molar-refractivity contribution in [2.45, 2.75) is 20.3 Å². The Morgan fingerprint density at radius 3 is 2.80 bits per heavy atom. The molecular weight excluding hydrogens is 146 g/mol. The summed E-state index contributed by atoms with van der Waals surface area (Å²) in [6, 6.07) is 0. The second-order valence-electron chi connectivity index (χ2n) is 2.90. The monoisotopic (exact) mass is 157 g/mol. The molecule has 0 radical (unpaired) electrons. The lowest BCUT2D eigenvalue weighted by Gasteiger charge is -2.17. The van der Waals surface area contributed by atoms with Crippen LogP contribution in [0.25, 0.3) is 0 Å². The van der Waals surface area contributed by atoms with Gasteiger partial charge < -0.3 is 5.73 Å². The van der Waals surface area contributed by atoms with E-state index in [4.69, 9.17) is 17.3 Å². The number of hydrogen-bond acceptors (Lipinski definition) is 1. The van der Waals surface area contributed by atoms with Crippen molar-refractivity contribution in [3.63, 3.8) is 0 Å². The normalized spacial score (nSPS) is 26.7. The standard InChI is InChI=1S/C8H12ClN/c1-5-3-6(2)8(9)7(10)4-5/h4,6H,3,10H2,1-2H3. The predicted molar refractivity (Wildman–Crippen MR) is 44.6 cm³/mol. The van der Waals surface area contributed by atoms with Gasteiger partial charge in [-0.1, -0.05) is 24.1 Å². The molecule has 0 fully saturated rings. The molecule has 2 N–H and O–H groups in total. The van der Waals surface area contributed by atoms with Crippen LogP contribution in [0.15, 0.2) is 22.4 Å². The molecule has 1 unspecified atom stereocenters. The fraction of sp³-hybridized carbons (Fsp3) is 0.500. The van der Waals surface area contributed by atoms with Crippen LogP contribution in [0.5, 0.6) is 0 Å². The average Bonchev–Trinajstić information content (AvgIpc) is 1.82. The molecule has 0 aliphatic heterocycles. The summed E-state index contributed by atoms with van der Waals surface area (Å²) < 4.78 is 0. The van der Waals surface area contributed by atoms with Gasteiger partial charge in [-0.2, -0.15) is 0 Å². The lowest BCUT2D eigenvalue weighted by Crippen LogP contribution is -2.09. The molecule has 56 valence electrons. The topological polar surface area (TPSA) is 26.0 Å². The largest absolute Gasteiger partial charge is 0.398 e. The molecule has 0 amide bonds. The quantitative estimate of drug-likeness (QED) is 0.574. The molecule has 0 saturated heterocycles. The first-order chi connectivity index (χ1) is 4.61. The van der Waals surface area contributed by atoms with Crippen LogP contribution in [0.1, 0.15) is 20.3 Å². The van der Waals surface area contributed by atoms with Crippen molar-refractivity contribution in [3.05, 3.63) is 22.4 Å². The van der Waals surface area contributed by atoms with Crippen molar-refractivity contribution in [3.8, 4) is 0 Å². The summed E-state index contributed by atoms with van der Waals surface area (Å²) in [7, 11) is 0. The second kappa shape index (κ2) is 2.67. The Hall–Kier alpha value is -0.430. The van der Waals surface area contributed by atoms with E-state index in [0.29, 0.717) is 5.92 Å². The molecule has 0 aromatic heterocycles. The van der Waals surface area contributed by atoms with Gasteiger partial charge in [0.2, 0.25) is 0 Å². The van der Waals surface area contributed by atoms with E-state index in [1.165, 1.54) is 5.57 Å². The van der Waals surface area contributed by atoms with E-state index in [9.17, 15) is 0 Å². The first-order valence-corrected chi connectivity index (χ1v) is 3.81. The molecule has 0 bridgehead atoms. The summed E-state index contributed by atoms with van der Waals surface area (Å²) in [6.45, 7) is 4.17. The zero-order valence-electron chi connectivity index (χ0n) is 6.32. The highest BCUT2D eigenvalue weighted by Crippen LogP contribution is 2.29. The zero-order valence-corrected chi connectivity index (χ0v) is 7.07. The van der Waals surface area contributed by atoms with E-state index in [0.717, 1.165) is 17.2 Å². The van der Waals surface area contributed by atoms with Gasteiger partial charge in [-0.25, -0.2) is 0 Å². The first-order valence-electron chi connectivity index (χ1n) is 3.43. The van der Waals surface area contributed by atoms with Crippen molar-refractivity contribution in [1.82, 2.24) is 0 Å². The summed E-state index contributed by atoms with van der Waals surface area (Å²) in [6.07, 6.45) is 2.99. The molecule has 0 saturated carbocycles. The molecule has 1 aliphatic rings. The highest BCUT2D eigenvalue weighted by molar-refractivity contribution is 6.30. The highest BCUT2D eigenvalue weighted by atomic mass is 35.5. The second-order valence-corrected chi connectivity index (χ2v) is 3.31. The summed E-state index contributed by atoms with van der Waals surface area (Å²) in [5.74, 6) is 0.409. The van der Waals surface area contributed by atoms with E-state index in [1.54, 1.807) is 0 Å². The predicted octanol–water partition coefficient (Wildman–Crippen LogP) is 2.38. The Morgan fingerprint density at radius 1 is 1.70 bits per heavy atom. The Labute approximate surface area is 66.6 Å². The van der Waals surface area contributed by atoms with E-state index in [-0.39, 0.29) is 0 Å². The Balaban J connectivity index is 2.92. The number of halogens is 1. The molecule has 0 aromatic rings. The van der Waals surface area contributed by atoms with Gasteiger partial charge in [0.1, 0.15) is 0 Å². The Kier molecular flexibility index (Phi) is 2.05. The molecule has 1 aliphatic carbocycles. The van der Waals surface area contributed by atoms with E-state index >= 15 is 0 Å². The summed E-state index contributed by atoms with van der Waals surface area (Å²) in [5, 5.41) is 0.811. The highest BCUT2D eigenvalue weighted by Gasteiger charge is 2.14. The van der Waals surface area contributed by atoms with Crippen LogP contribution >= 0.6 is 11.6 Å². The van der Waals surface area contributed by atoms with Crippen molar-refractivity contribution in [1.29, 1.82) is 0 Å². The van der Waals surface area contributed by atoms with Crippen LogP contribution < -0.4 is 5.73 Å².